The van der Waals surface area contributed by atoms with Crippen LogP contribution in [-0.2, 0) is 5.60 Å². The summed E-state index contributed by atoms with van der Waals surface area (Å²) >= 11 is 6.54. The molecule has 3 aromatic carbocycles. The van der Waals surface area contributed by atoms with Crippen molar-refractivity contribution in [1.82, 2.24) is 5.32 Å². The van der Waals surface area contributed by atoms with Crippen molar-refractivity contribution < 1.29 is 28.2 Å². The fourth-order valence-electron chi connectivity index (χ4n) is 4.97. The highest BCUT2D eigenvalue weighted by Crippen LogP contribution is 2.56. The summed E-state index contributed by atoms with van der Waals surface area (Å²) in [6, 6.07) is 13.5. The largest absolute Gasteiger partial charge is 0.488 e. The summed E-state index contributed by atoms with van der Waals surface area (Å²) in [6.07, 6.45) is 0.109. The second kappa shape index (κ2) is 10.5. The Kier molecular flexibility index (Phi) is 7.64. The van der Waals surface area contributed by atoms with Gasteiger partial charge in [0.2, 0.25) is 0 Å². The molecule has 36 heavy (non-hydrogen) atoms. The van der Waals surface area contributed by atoms with Crippen LogP contribution in [0.2, 0.25) is 5.02 Å². The molecular weight excluding hydrogens is 488 g/mol. The standard InChI is InChI=1S/C28H28ClF2NO4/c1-4-20(34)18-10-11-21(35-13-12-33)27(31)24(18)25-23-16(2)28(15-32-3,17-8-6-5-7-9-17)36-22(23)14-19(30)26(25)29/h5-11,14,16,32-33H,4,12-13,15H2,1-3H3/t16-,28-/m0/s1. The minimum absolute atomic E-state index is 0.0665. The van der Waals surface area contributed by atoms with Gasteiger partial charge in [-0.25, -0.2) is 8.78 Å². The number of ketones is 1. The van der Waals surface area contributed by atoms with E-state index >= 15 is 8.78 Å². The quantitative estimate of drug-likeness (QED) is 0.349. The van der Waals surface area contributed by atoms with Crippen molar-refractivity contribution in [2.24, 2.45) is 0 Å². The summed E-state index contributed by atoms with van der Waals surface area (Å²) < 4.78 is 43.1. The molecule has 0 aliphatic carbocycles. The molecule has 0 saturated heterocycles. The molecule has 0 spiro atoms. The van der Waals surface area contributed by atoms with Crippen LogP contribution in [0, 0.1) is 11.6 Å². The minimum Gasteiger partial charge on any atom is -0.488 e. The van der Waals surface area contributed by atoms with E-state index in [1.807, 2.05) is 37.3 Å². The average Bonchev–Trinajstić information content (AvgIpc) is 3.16. The lowest BCUT2D eigenvalue weighted by molar-refractivity contribution is 0.0719. The van der Waals surface area contributed by atoms with Gasteiger partial charge in [-0.3, -0.25) is 4.79 Å². The van der Waals surface area contributed by atoms with E-state index in [9.17, 15) is 4.79 Å². The molecule has 2 atom stereocenters. The first-order valence-electron chi connectivity index (χ1n) is 11.8. The Bertz CT molecular complexity index is 1280. The number of Topliss-reactive ketones (excluding diaryl/α,β-unsaturated/α-hetero) is 1. The number of fused-ring (bicyclic) bond motifs is 1. The molecule has 0 amide bonds. The molecule has 0 saturated carbocycles. The Labute approximate surface area is 214 Å². The SMILES string of the molecule is CCC(=O)c1ccc(OCCO)c(F)c1-c1c(Cl)c(F)cc2c1[C@H](C)[C@@](CNC)(c1ccccc1)O2. The van der Waals surface area contributed by atoms with E-state index in [4.69, 9.17) is 26.2 Å². The number of benzene rings is 3. The number of carbonyl (C=O) groups excluding carboxylic acids is 1. The maximum Gasteiger partial charge on any atom is 0.173 e. The maximum atomic E-state index is 16.0. The van der Waals surface area contributed by atoms with Gasteiger partial charge in [0.25, 0.3) is 0 Å². The first-order valence-corrected chi connectivity index (χ1v) is 12.2. The van der Waals surface area contributed by atoms with E-state index in [2.05, 4.69) is 5.32 Å². The molecule has 4 rings (SSSR count). The van der Waals surface area contributed by atoms with Crippen molar-refractivity contribution in [2.75, 3.05) is 26.8 Å². The molecule has 0 unspecified atom stereocenters. The Balaban J connectivity index is 2.03. The predicted octanol–water partition coefficient (Wildman–Crippen LogP) is 5.86. The molecule has 2 N–H and O–H groups in total. The van der Waals surface area contributed by atoms with Crippen molar-refractivity contribution >= 4 is 17.4 Å². The van der Waals surface area contributed by atoms with Gasteiger partial charge < -0.3 is 19.9 Å². The molecule has 8 heteroatoms. The van der Waals surface area contributed by atoms with Crippen LogP contribution in [0.25, 0.3) is 11.1 Å². The lowest BCUT2D eigenvalue weighted by atomic mass is 9.77. The molecule has 190 valence electrons. The van der Waals surface area contributed by atoms with Crippen LogP contribution in [0.15, 0.2) is 48.5 Å². The molecule has 0 fully saturated rings. The smallest absolute Gasteiger partial charge is 0.173 e. The van der Waals surface area contributed by atoms with E-state index < -0.39 is 23.2 Å². The van der Waals surface area contributed by atoms with Crippen molar-refractivity contribution in [1.29, 1.82) is 0 Å². The van der Waals surface area contributed by atoms with E-state index in [1.54, 1.807) is 14.0 Å². The van der Waals surface area contributed by atoms with Gasteiger partial charge in [-0.1, -0.05) is 55.8 Å². The molecule has 0 bridgehead atoms. The summed E-state index contributed by atoms with van der Waals surface area (Å²) in [6.45, 7) is 3.49. The number of aliphatic hydroxyl groups excluding tert-OH is 1. The first-order chi connectivity index (χ1) is 17.3. The Morgan fingerprint density at radius 1 is 1.19 bits per heavy atom. The van der Waals surface area contributed by atoms with Crippen LogP contribution in [0.1, 0.15) is 47.7 Å². The summed E-state index contributed by atoms with van der Waals surface area (Å²) in [5.74, 6) is -2.31. The van der Waals surface area contributed by atoms with Gasteiger partial charge in [0.15, 0.2) is 23.0 Å². The van der Waals surface area contributed by atoms with Gasteiger partial charge >= 0.3 is 0 Å². The minimum atomic E-state index is -0.930. The van der Waals surface area contributed by atoms with Crippen molar-refractivity contribution in [3.05, 3.63) is 81.9 Å². The highest BCUT2D eigenvalue weighted by Gasteiger charge is 2.49. The van der Waals surface area contributed by atoms with E-state index in [1.165, 1.54) is 18.2 Å². The van der Waals surface area contributed by atoms with Crippen LogP contribution in [0.4, 0.5) is 8.78 Å². The number of hydrogen-bond donors (Lipinski definition) is 2. The third kappa shape index (κ3) is 4.25. The fourth-order valence-corrected chi connectivity index (χ4v) is 5.22. The van der Waals surface area contributed by atoms with Crippen molar-refractivity contribution in [2.45, 2.75) is 31.8 Å². The van der Waals surface area contributed by atoms with Gasteiger partial charge in [0.05, 0.1) is 11.6 Å². The maximum absolute atomic E-state index is 16.0. The molecule has 1 aliphatic rings. The number of likely N-dealkylation sites (N-methyl/N-ethyl adjacent to an activating group) is 1. The number of rotatable bonds is 9. The van der Waals surface area contributed by atoms with Crippen molar-refractivity contribution in [3.63, 3.8) is 0 Å². The molecule has 0 radical (unpaired) electrons. The van der Waals surface area contributed by atoms with Crippen LogP contribution in [-0.4, -0.2) is 37.7 Å². The average molecular weight is 516 g/mol. The van der Waals surface area contributed by atoms with E-state index in [0.29, 0.717) is 12.1 Å². The number of hydrogen-bond acceptors (Lipinski definition) is 5. The van der Waals surface area contributed by atoms with Crippen LogP contribution >= 0.6 is 11.6 Å². The zero-order chi connectivity index (χ0) is 26.0. The summed E-state index contributed by atoms with van der Waals surface area (Å²) in [7, 11) is 1.79. The van der Waals surface area contributed by atoms with Crippen molar-refractivity contribution in [3.8, 4) is 22.6 Å². The monoisotopic (exact) mass is 515 g/mol. The molecule has 1 aliphatic heterocycles. The Morgan fingerprint density at radius 2 is 1.92 bits per heavy atom. The molecule has 1 heterocycles. The zero-order valence-electron chi connectivity index (χ0n) is 20.3. The summed E-state index contributed by atoms with van der Waals surface area (Å²) in [4.78, 5) is 12.9. The second-order valence-electron chi connectivity index (χ2n) is 8.72. The first kappa shape index (κ1) is 26.1. The van der Waals surface area contributed by atoms with E-state index in [-0.39, 0.29) is 58.6 Å². The molecular formula is C28H28ClF2NO4. The number of aliphatic hydroxyl groups is 1. The van der Waals surface area contributed by atoms with Gasteiger partial charge in [-0.15, -0.1) is 0 Å². The summed E-state index contributed by atoms with van der Waals surface area (Å²) in [5, 5.41) is 12.0. The van der Waals surface area contributed by atoms with Gasteiger partial charge in [-0.05, 0) is 24.7 Å². The third-order valence-corrected chi connectivity index (χ3v) is 7.04. The Hall–Kier alpha value is -3.00. The highest BCUT2D eigenvalue weighted by molar-refractivity contribution is 6.34. The number of nitrogens with one attached hydrogen (secondary N) is 1. The number of carbonyl (C=O) groups is 1. The normalized spacial score (nSPS) is 18.6. The number of ether oxygens (including phenoxy) is 2. The van der Waals surface area contributed by atoms with E-state index in [0.717, 1.165) is 5.56 Å². The lowest BCUT2D eigenvalue weighted by Crippen LogP contribution is -2.43. The zero-order valence-corrected chi connectivity index (χ0v) is 21.1. The molecule has 0 aromatic heterocycles. The number of halogens is 3. The predicted molar refractivity (Wildman–Crippen MR) is 135 cm³/mol. The van der Waals surface area contributed by atoms with Gasteiger partial charge in [0, 0.05) is 47.2 Å². The van der Waals surface area contributed by atoms with Gasteiger partial charge in [0.1, 0.15) is 18.2 Å². The summed E-state index contributed by atoms with van der Waals surface area (Å²) in [5.41, 5.74) is 0.429. The van der Waals surface area contributed by atoms with Crippen LogP contribution in [0.5, 0.6) is 11.5 Å². The second-order valence-corrected chi connectivity index (χ2v) is 9.10. The molecule has 5 nitrogen and oxygen atoms in total. The third-order valence-electron chi connectivity index (χ3n) is 6.68. The Morgan fingerprint density at radius 3 is 2.56 bits per heavy atom. The topological polar surface area (TPSA) is 67.8 Å². The highest BCUT2D eigenvalue weighted by atomic mass is 35.5. The lowest BCUT2D eigenvalue weighted by Gasteiger charge is -2.33. The van der Waals surface area contributed by atoms with Crippen LogP contribution < -0.4 is 14.8 Å². The van der Waals surface area contributed by atoms with Crippen LogP contribution in [0.3, 0.4) is 0 Å². The van der Waals surface area contributed by atoms with Gasteiger partial charge in [-0.2, -0.15) is 0 Å². The molecule has 3 aromatic rings. The fraction of sp³-hybridized carbons (Fsp3) is 0.321.